The molecule has 0 aliphatic carbocycles. The maximum absolute atomic E-state index is 12.3. The zero-order valence-electron chi connectivity index (χ0n) is 13.8. The third-order valence-corrected chi connectivity index (χ3v) is 4.59. The number of thiophene rings is 1. The highest BCUT2D eigenvalue weighted by atomic mass is 32.1. The minimum absolute atomic E-state index is 0.125. The van der Waals surface area contributed by atoms with Crippen molar-refractivity contribution in [2.75, 3.05) is 26.2 Å². The molecule has 0 unspecified atom stereocenters. The second kappa shape index (κ2) is 6.41. The Bertz CT molecular complexity index is 652. The molecule has 1 fully saturated rings. The van der Waals surface area contributed by atoms with Crippen molar-refractivity contribution in [3.8, 4) is 0 Å². The Kier molecular flexibility index (Phi) is 4.50. The fraction of sp³-hybridized carbons (Fsp3) is 0.562. The lowest BCUT2D eigenvalue weighted by Crippen LogP contribution is -2.48. The van der Waals surface area contributed by atoms with E-state index in [-0.39, 0.29) is 11.3 Å². The topological polar surface area (TPSA) is 62.5 Å². The van der Waals surface area contributed by atoms with Gasteiger partial charge in [-0.15, -0.1) is 0 Å². The van der Waals surface area contributed by atoms with Crippen LogP contribution in [0.5, 0.6) is 0 Å². The van der Waals surface area contributed by atoms with Gasteiger partial charge in [0.05, 0.1) is 12.1 Å². The van der Waals surface area contributed by atoms with Crippen LogP contribution in [0.4, 0.5) is 0 Å². The van der Waals surface area contributed by atoms with Crippen LogP contribution in [0.3, 0.4) is 0 Å². The Labute approximate surface area is 140 Å². The molecule has 0 radical (unpaired) electrons. The van der Waals surface area contributed by atoms with Gasteiger partial charge in [0.2, 0.25) is 5.89 Å². The van der Waals surface area contributed by atoms with Gasteiger partial charge in [-0.25, -0.2) is 0 Å². The first-order chi connectivity index (χ1) is 10.9. The molecule has 1 saturated heterocycles. The highest BCUT2D eigenvalue weighted by Crippen LogP contribution is 2.20. The lowest BCUT2D eigenvalue weighted by atomic mass is 9.97. The Balaban J connectivity index is 1.53. The number of piperazine rings is 1. The van der Waals surface area contributed by atoms with Crippen molar-refractivity contribution in [3.63, 3.8) is 0 Å². The molecule has 0 aromatic carbocycles. The SMILES string of the molecule is CC(C)(C)c1nc(CN2CCN(C(=O)c3ccsc3)CC2)no1. The fourth-order valence-corrected chi connectivity index (χ4v) is 3.13. The van der Waals surface area contributed by atoms with Crippen molar-refractivity contribution >= 4 is 17.2 Å². The summed E-state index contributed by atoms with van der Waals surface area (Å²) in [6.45, 7) is 9.96. The zero-order chi connectivity index (χ0) is 16.4. The highest BCUT2D eigenvalue weighted by molar-refractivity contribution is 7.08. The monoisotopic (exact) mass is 334 g/mol. The van der Waals surface area contributed by atoms with Gasteiger partial charge in [-0.1, -0.05) is 25.9 Å². The molecule has 0 N–H and O–H groups in total. The molecule has 7 heteroatoms. The summed E-state index contributed by atoms with van der Waals surface area (Å²) in [6, 6.07) is 1.88. The Morgan fingerprint density at radius 3 is 2.61 bits per heavy atom. The van der Waals surface area contributed by atoms with Crippen molar-refractivity contribution < 1.29 is 9.32 Å². The number of aromatic nitrogens is 2. The van der Waals surface area contributed by atoms with Gasteiger partial charge in [0, 0.05) is 37.0 Å². The highest BCUT2D eigenvalue weighted by Gasteiger charge is 2.25. The smallest absolute Gasteiger partial charge is 0.254 e. The van der Waals surface area contributed by atoms with Gasteiger partial charge in [0.15, 0.2) is 5.82 Å². The van der Waals surface area contributed by atoms with Crippen LogP contribution in [0, 0.1) is 0 Å². The Hall–Kier alpha value is -1.73. The van der Waals surface area contributed by atoms with Gasteiger partial charge in [0.25, 0.3) is 5.91 Å². The van der Waals surface area contributed by atoms with Crippen LogP contribution in [-0.4, -0.2) is 52.0 Å². The minimum atomic E-state index is -0.128. The standard InChI is InChI=1S/C16H22N4O2S/c1-16(2,3)15-17-13(18-22-15)10-19-5-7-20(8-6-19)14(21)12-4-9-23-11-12/h4,9,11H,5-8,10H2,1-3H3. The summed E-state index contributed by atoms with van der Waals surface area (Å²) in [5, 5.41) is 7.91. The molecule has 0 saturated carbocycles. The second-order valence-corrected chi connectivity index (χ2v) is 7.63. The number of nitrogens with zero attached hydrogens (tertiary/aromatic N) is 4. The van der Waals surface area contributed by atoms with E-state index in [9.17, 15) is 4.79 Å². The van der Waals surface area contributed by atoms with E-state index in [1.165, 1.54) is 0 Å². The molecule has 6 nitrogen and oxygen atoms in total. The molecule has 1 amide bonds. The first-order valence-electron chi connectivity index (χ1n) is 7.80. The van der Waals surface area contributed by atoms with Gasteiger partial charge < -0.3 is 9.42 Å². The zero-order valence-corrected chi connectivity index (χ0v) is 14.6. The van der Waals surface area contributed by atoms with E-state index in [2.05, 4.69) is 35.8 Å². The molecule has 0 spiro atoms. The number of hydrogen-bond acceptors (Lipinski definition) is 6. The lowest BCUT2D eigenvalue weighted by Gasteiger charge is -2.33. The van der Waals surface area contributed by atoms with Crippen molar-refractivity contribution in [3.05, 3.63) is 34.1 Å². The lowest BCUT2D eigenvalue weighted by molar-refractivity contribution is 0.0625. The van der Waals surface area contributed by atoms with E-state index >= 15 is 0 Å². The normalized spacial score (nSPS) is 16.7. The fourth-order valence-electron chi connectivity index (χ4n) is 2.50. The van der Waals surface area contributed by atoms with Crippen molar-refractivity contribution in [2.24, 2.45) is 0 Å². The third-order valence-electron chi connectivity index (χ3n) is 3.90. The van der Waals surface area contributed by atoms with Crippen LogP contribution in [0.1, 0.15) is 42.8 Å². The molecule has 0 bridgehead atoms. The molecule has 23 heavy (non-hydrogen) atoms. The van der Waals surface area contributed by atoms with Crippen LogP contribution >= 0.6 is 11.3 Å². The first-order valence-corrected chi connectivity index (χ1v) is 8.74. The van der Waals surface area contributed by atoms with Crippen LogP contribution in [0.15, 0.2) is 21.3 Å². The molecule has 1 aliphatic heterocycles. The van der Waals surface area contributed by atoms with Gasteiger partial charge in [-0.3, -0.25) is 9.69 Å². The summed E-state index contributed by atoms with van der Waals surface area (Å²) in [5.41, 5.74) is 0.660. The first kappa shape index (κ1) is 16.1. The van der Waals surface area contributed by atoms with Crippen LogP contribution in [-0.2, 0) is 12.0 Å². The van der Waals surface area contributed by atoms with E-state index in [1.807, 2.05) is 21.7 Å². The summed E-state index contributed by atoms with van der Waals surface area (Å²) >= 11 is 1.55. The van der Waals surface area contributed by atoms with Crippen molar-refractivity contribution in [1.29, 1.82) is 0 Å². The van der Waals surface area contributed by atoms with E-state index in [0.717, 1.165) is 31.7 Å². The molecule has 3 heterocycles. The summed E-state index contributed by atoms with van der Waals surface area (Å²) in [5.74, 6) is 1.51. The maximum atomic E-state index is 12.3. The van der Waals surface area contributed by atoms with Crippen LogP contribution in [0.25, 0.3) is 0 Å². The van der Waals surface area contributed by atoms with E-state index < -0.39 is 0 Å². The molecule has 3 rings (SSSR count). The second-order valence-electron chi connectivity index (χ2n) is 6.85. The minimum Gasteiger partial charge on any atom is -0.339 e. The van der Waals surface area contributed by atoms with E-state index in [0.29, 0.717) is 18.3 Å². The average molecular weight is 334 g/mol. The third kappa shape index (κ3) is 3.79. The molecule has 0 atom stereocenters. The predicted molar refractivity (Wildman–Crippen MR) is 88.5 cm³/mol. The number of carbonyl (C=O) groups is 1. The molecule has 1 aliphatic rings. The van der Waals surface area contributed by atoms with E-state index in [4.69, 9.17) is 4.52 Å². The van der Waals surface area contributed by atoms with Crippen molar-refractivity contribution in [1.82, 2.24) is 19.9 Å². The van der Waals surface area contributed by atoms with Crippen molar-refractivity contribution in [2.45, 2.75) is 32.7 Å². The number of carbonyl (C=O) groups excluding carboxylic acids is 1. The summed E-state index contributed by atoms with van der Waals surface area (Å²) in [4.78, 5) is 21.0. The molecular weight excluding hydrogens is 312 g/mol. The molecule has 124 valence electrons. The quantitative estimate of drug-likeness (QED) is 0.862. The van der Waals surface area contributed by atoms with Crippen LogP contribution in [0.2, 0.25) is 0 Å². The largest absolute Gasteiger partial charge is 0.339 e. The van der Waals surface area contributed by atoms with Gasteiger partial charge in [-0.05, 0) is 11.4 Å². The average Bonchev–Trinajstić information content (AvgIpc) is 3.18. The van der Waals surface area contributed by atoms with Gasteiger partial charge >= 0.3 is 0 Å². The Morgan fingerprint density at radius 2 is 2.04 bits per heavy atom. The van der Waals surface area contributed by atoms with Gasteiger partial charge in [0.1, 0.15) is 0 Å². The van der Waals surface area contributed by atoms with E-state index in [1.54, 1.807) is 11.3 Å². The number of rotatable bonds is 3. The summed E-state index contributed by atoms with van der Waals surface area (Å²) in [6.07, 6.45) is 0. The molecule has 2 aromatic rings. The Morgan fingerprint density at radius 1 is 1.30 bits per heavy atom. The number of amides is 1. The maximum Gasteiger partial charge on any atom is 0.254 e. The summed E-state index contributed by atoms with van der Waals surface area (Å²) in [7, 11) is 0. The molecule has 2 aromatic heterocycles. The summed E-state index contributed by atoms with van der Waals surface area (Å²) < 4.78 is 5.33. The van der Waals surface area contributed by atoms with Crippen LogP contribution < -0.4 is 0 Å². The van der Waals surface area contributed by atoms with Gasteiger partial charge in [-0.2, -0.15) is 16.3 Å². The number of hydrogen-bond donors (Lipinski definition) is 0. The molecular formula is C16H22N4O2S. The predicted octanol–water partition coefficient (Wildman–Crippen LogP) is 2.39.